The number of urea groups is 1. The smallest absolute Gasteiger partial charge is 0.320 e. The number of hydrogen-bond acceptors (Lipinski definition) is 2. The number of nitrogens with two attached hydrogens (primary N) is 1. The van der Waals surface area contributed by atoms with Gasteiger partial charge in [0, 0.05) is 25.7 Å². The number of benzene rings is 2. The normalized spacial score (nSPS) is 22.8. The monoisotopic (exact) mass is 353 g/mol. The minimum Gasteiger partial charge on any atom is -0.326 e. The molecule has 4 rings (SSSR count). The van der Waals surface area contributed by atoms with Gasteiger partial charge in [0.2, 0.25) is 0 Å². The first-order valence-corrected chi connectivity index (χ1v) is 9.28. The summed E-state index contributed by atoms with van der Waals surface area (Å²) in [7, 11) is 0. The standard InChI is InChI=1S/C21H24FN3O/c22-17-9-7-16(8-10-17)20-19-6-2-1-4-15(19)11-13-25(20)21(26)24-12-3-5-18(23)14-24/h1-2,4,6-10,18,20H,3,5,11-14,23H2/t18-,20-/m0/s1. The van der Waals surface area contributed by atoms with Crippen molar-refractivity contribution >= 4 is 6.03 Å². The molecule has 2 atom stereocenters. The van der Waals surface area contributed by atoms with Gasteiger partial charge in [-0.1, -0.05) is 36.4 Å². The summed E-state index contributed by atoms with van der Waals surface area (Å²) < 4.78 is 13.4. The van der Waals surface area contributed by atoms with Crippen LogP contribution in [0.15, 0.2) is 48.5 Å². The molecule has 0 aliphatic carbocycles. The van der Waals surface area contributed by atoms with E-state index in [0.717, 1.165) is 36.9 Å². The number of likely N-dealkylation sites (tertiary alicyclic amines) is 1. The van der Waals surface area contributed by atoms with Gasteiger partial charge in [-0.05, 0) is 48.1 Å². The van der Waals surface area contributed by atoms with E-state index in [0.29, 0.717) is 13.1 Å². The first-order chi connectivity index (χ1) is 12.6. The van der Waals surface area contributed by atoms with Gasteiger partial charge in [-0.15, -0.1) is 0 Å². The Balaban J connectivity index is 1.71. The Morgan fingerprint density at radius 1 is 1.08 bits per heavy atom. The predicted molar refractivity (Wildman–Crippen MR) is 99.3 cm³/mol. The summed E-state index contributed by atoms with van der Waals surface area (Å²) >= 11 is 0. The van der Waals surface area contributed by atoms with E-state index in [1.54, 1.807) is 12.1 Å². The van der Waals surface area contributed by atoms with Gasteiger partial charge in [0.25, 0.3) is 0 Å². The third-order valence-electron chi connectivity index (χ3n) is 5.44. The van der Waals surface area contributed by atoms with Crippen molar-refractivity contribution in [2.75, 3.05) is 19.6 Å². The number of nitrogens with zero attached hydrogens (tertiary/aromatic N) is 2. The van der Waals surface area contributed by atoms with E-state index in [1.165, 1.54) is 17.7 Å². The highest BCUT2D eigenvalue weighted by Crippen LogP contribution is 2.36. The number of amides is 2. The Morgan fingerprint density at radius 2 is 1.85 bits per heavy atom. The molecule has 4 nitrogen and oxygen atoms in total. The molecule has 0 aromatic heterocycles. The van der Waals surface area contributed by atoms with Crippen molar-refractivity contribution in [3.8, 4) is 0 Å². The van der Waals surface area contributed by atoms with Gasteiger partial charge >= 0.3 is 6.03 Å². The summed E-state index contributed by atoms with van der Waals surface area (Å²) in [5.74, 6) is -0.266. The van der Waals surface area contributed by atoms with Crippen LogP contribution in [0.3, 0.4) is 0 Å². The van der Waals surface area contributed by atoms with Crippen LogP contribution in [0.4, 0.5) is 9.18 Å². The maximum atomic E-state index is 13.4. The second-order valence-corrected chi connectivity index (χ2v) is 7.23. The van der Waals surface area contributed by atoms with E-state index in [-0.39, 0.29) is 23.9 Å². The summed E-state index contributed by atoms with van der Waals surface area (Å²) in [6.07, 6.45) is 2.74. The van der Waals surface area contributed by atoms with Crippen LogP contribution in [-0.4, -0.2) is 41.5 Å². The molecule has 26 heavy (non-hydrogen) atoms. The van der Waals surface area contributed by atoms with E-state index < -0.39 is 0 Å². The molecule has 136 valence electrons. The molecular weight excluding hydrogens is 329 g/mol. The molecule has 5 heteroatoms. The molecule has 1 fully saturated rings. The topological polar surface area (TPSA) is 49.6 Å². The molecule has 2 aliphatic heterocycles. The first kappa shape index (κ1) is 17.0. The Morgan fingerprint density at radius 3 is 2.62 bits per heavy atom. The fourth-order valence-corrected chi connectivity index (χ4v) is 4.14. The van der Waals surface area contributed by atoms with Gasteiger partial charge in [0.15, 0.2) is 0 Å². The van der Waals surface area contributed by atoms with Crippen LogP contribution in [-0.2, 0) is 6.42 Å². The lowest BCUT2D eigenvalue weighted by molar-refractivity contribution is 0.125. The maximum Gasteiger partial charge on any atom is 0.320 e. The second-order valence-electron chi connectivity index (χ2n) is 7.23. The summed E-state index contributed by atoms with van der Waals surface area (Å²) in [6, 6.07) is 14.6. The van der Waals surface area contributed by atoms with Crippen molar-refractivity contribution in [2.24, 2.45) is 5.73 Å². The van der Waals surface area contributed by atoms with Crippen LogP contribution in [0.5, 0.6) is 0 Å². The van der Waals surface area contributed by atoms with Crippen LogP contribution in [0.25, 0.3) is 0 Å². The molecule has 1 saturated heterocycles. The molecule has 2 aliphatic rings. The molecule has 0 saturated carbocycles. The SMILES string of the molecule is N[C@H]1CCCN(C(=O)N2CCc3ccccc3[C@@H]2c2ccc(F)cc2)C1. The zero-order chi connectivity index (χ0) is 18.1. The van der Waals surface area contributed by atoms with E-state index in [9.17, 15) is 9.18 Å². The van der Waals surface area contributed by atoms with Crippen LogP contribution in [0.1, 0.15) is 35.6 Å². The average Bonchev–Trinajstić information content (AvgIpc) is 2.67. The molecule has 2 aromatic rings. The summed E-state index contributed by atoms with van der Waals surface area (Å²) in [4.78, 5) is 17.1. The van der Waals surface area contributed by atoms with Crippen molar-refractivity contribution in [2.45, 2.75) is 31.3 Å². The fraction of sp³-hybridized carbons (Fsp3) is 0.381. The highest BCUT2D eigenvalue weighted by molar-refractivity contribution is 5.76. The molecule has 0 bridgehead atoms. The van der Waals surface area contributed by atoms with Crippen molar-refractivity contribution in [3.05, 3.63) is 71.0 Å². The molecule has 2 heterocycles. The van der Waals surface area contributed by atoms with E-state index >= 15 is 0 Å². The fourth-order valence-electron chi connectivity index (χ4n) is 4.14. The van der Waals surface area contributed by atoms with Crippen LogP contribution in [0.2, 0.25) is 0 Å². The number of carbonyl (C=O) groups is 1. The van der Waals surface area contributed by atoms with Crippen molar-refractivity contribution < 1.29 is 9.18 Å². The van der Waals surface area contributed by atoms with Gasteiger partial charge < -0.3 is 15.5 Å². The molecule has 0 spiro atoms. The Bertz CT molecular complexity index is 792. The zero-order valence-corrected chi connectivity index (χ0v) is 14.8. The second kappa shape index (κ2) is 7.08. The van der Waals surface area contributed by atoms with Crippen molar-refractivity contribution in [3.63, 3.8) is 0 Å². The van der Waals surface area contributed by atoms with Crippen molar-refractivity contribution in [1.82, 2.24) is 9.80 Å². The number of fused-ring (bicyclic) bond motifs is 1. The molecule has 0 unspecified atom stereocenters. The number of hydrogen-bond donors (Lipinski definition) is 1. The minimum absolute atomic E-state index is 0.0315. The third-order valence-corrected chi connectivity index (χ3v) is 5.44. The van der Waals surface area contributed by atoms with Gasteiger partial charge in [-0.3, -0.25) is 0 Å². The van der Waals surface area contributed by atoms with Crippen LogP contribution >= 0.6 is 0 Å². The summed E-state index contributed by atoms with van der Waals surface area (Å²) in [5.41, 5.74) is 9.39. The lowest BCUT2D eigenvalue weighted by Gasteiger charge is -2.42. The highest BCUT2D eigenvalue weighted by atomic mass is 19.1. The first-order valence-electron chi connectivity index (χ1n) is 9.28. The number of rotatable bonds is 1. The van der Waals surface area contributed by atoms with Gasteiger partial charge in [-0.25, -0.2) is 9.18 Å². The quantitative estimate of drug-likeness (QED) is 0.855. The lowest BCUT2D eigenvalue weighted by Crippen LogP contribution is -2.53. The third kappa shape index (κ3) is 3.19. The van der Waals surface area contributed by atoms with E-state index in [2.05, 4.69) is 12.1 Å². The number of halogens is 1. The average molecular weight is 353 g/mol. The Hall–Kier alpha value is -2.40. The molecule has 2 N–H and O–H groups in total. The maximum absolute atomic E-state index is 13.4. The molecular formula is C21H24FN3O. The zero-order valence-electron chi connectivity index (χ0n) is 14.8. The lowest BCUT2D eigenvalue weighted by atomic mass is 9.88. The van der Waals surface area contributed by atoms with E-state index in [1.807, 2.05) is 21.9 Å². The van der Waals surface area contributed by atoms with Crippen molar-refractivity contribution in [1.29, 1.82) is 0 Å². The highest BCUT2D eigenvalue weighted by Gasteiger charge is 2.35. The van der Waals surface area contributed by atoms with Gasteiger partial charge in [0.05, 0.1) is 6.04 Å². The predicted octanol–water partition coefficient (Wildman–Crippen LogP) is 3.32. The minimum atomic E-state index is -0.266. The molecule has 2 amide bonds. The Kier molecular flexibility index (Phi) is 4.64. The van der Waals surface area contributed by atoms with Crippen LogP contribution in [0, 0.1) is 5.82 Å². The Labute approximate surface area is 153 Å². The summed E-state index contributed by atoms with van der Waals surface area (Å²) in [6.45, 7) is 2.01. The largest absolute Gasteiger partial charge is 0.326 e. The summed E-state index contributed by atoms with van der Waals surface area (Å²) in [5, 5.41) is 0. The molecule has 2 aromatic carbocycles. The molecule has 0 radical (unpaired) electrons. The number of carbonyl (C=O) groups excluding carboxylic acids is 1. The number of piperidine rings is 1. The van der Waals surface area contributed by atoms with Gasteiger partial charge in [-0.2, -0.15) is 0 Å². The van der Waals surface area contributed by atoms with Gasteiger partial charge in [0.1, 0.15) is 5.82 Å². The van der Waals surface area contributed by atoms with E-state index in [4.69, 9.17) is 5.73 Å². The van der Waals surface area contributed by atoms with Crippen LogP contribution < -0.4 is 5.73 Å².